The van der Waals surface area contributed by atoms with Crippen LogP contribution >= 0.6 is 0 Å². The van der Waals surface area contributed by atoms with Crippen LogP contribution in [0, 0.1) is 34.5 Å². The summed E-state index contributed by atoms with van der Waals surface area (Å²) in [6.45, 7) is 3.54. The molecule has 2 heterocycles. The third-order valence-corrected chi connectivity index (χ3v) is 4.73. The number of carbonyl (C=O) groups is 1. The summed E-state index contributed by atoms with van der Waals surface area (Å²) in [5, 5.41) is 19.2. The fourth-order valence-electron chi connectivity index (χ4n) is 3.57. The average molecular weight is 349 g/mol. The van der Waals surface area contributed by atoms with Gasteiger partial charge in [-0.05, 0) is 5.92 Å². The number of aliphatic hydroxyl groups is 1. The number of fused-ring (bicyclic) bond motifs is 1. The van der Waals surface area contributed by atoms with Crippen LogP contribution in [0.25, 0.3) is 0 Å². The van der Waals surface area contributed by atoms with E-state index in [0.29, 0.717) is 0 Å². The van der Waals surface area contributed by atoms with Gasteiger partial charge in [-0.2, -0.15) is 5.26 Å². The normalized spacial score (nSPS) is 32.9. The van der Waals surface area contributed by atoms with Crippen LogP contribution in [-0.4, -0.2) is 39.9 Å². The molecule has 2 fully saturated rings. The zero-order chi connectivity index (χ0) is 18.4. The average Bonchev–Trinajstić information content (AvgIpc) is 3.09. The number of H-pyrrole nitrogens is 1. The van der Waals surface area contributed by atoms with Crippen molar-refractivity contribution < 1.29 is 19.4 Å². The van der Waals surface area contributed by atoms with Gasteiger partial charge in [0.1, 0.15) is 6.23 Å². The number of aromatic amines is 1. The minimum Gasteiger partial charge on any atom is -0.464 e. The van der Waals surface area contributed by atoms with Crippen molar-refractivity contribution in [1.29, 1.82) is 5.26 Å². The summed E-state index contributed by atoms with van der Waals surface area (Å²) in [7, 11) is 0. The van der Waals surface area contributed by atoms with E-state index < -0.39 is 53.4 Å². The molecule has 0 aromatic carbocycles. The van der Waals surface area contributed by atoms with Crippen molar-refractivity contribution in [3.05, 3.63) is 33.1 Å². The van der Waals surface area contributed by atoms with Crippen molar-refractivity contribution >= 4 is 5.97 Å². The molecule has 3 rings (SSSR count). The number of hydrogen-bond acceptors (Lipinski definition) is 7. The Morgan fingerprint density at radius 3 is 2.80 bits per heavy atom. The second-order valence-corrected chi connectivity index (χ2v) is 6.79. The van der Waals surface area contributed by atoms with E-state index in [1.807, 2.05) is 19.9 Å². The number of esters is 1. The Bertz CT molecular complexity index is 837. The number of ether oxygens (including phenoxy) is 2. The third-order valence-electron chi connectivity index (χ3n) is 4.73. The van der Waals surface area contributed by atoms with Crippen LogP contribution in [-0.2, 0) is 14.3 Å². The molecular formula is C16H19N3O6. The van der Waals surface area contributed by atoms with E-state index in [4.69, 9.17) is 9.47 Å². The van der Waals surface area contributed by atoms with E-state index in [9.17, 15) is 24.8 Å². The van der Waals surface area contributed by atoms with Gasteiger partial charge in [-0.1, -0.05) is 13.8 Å². The summed E-state index contributed by atoms with van der Waals surface area (Å²) in [5.41, 5.74) is -2.72. The molecule has 0 radical (unpaired) electrons. The molecule has 2 N–H and O–H groups in total. The molecule has 9 heteroatoms. The standard InChI is InChI=1S/C16H19N3O6/c1-8(2)6-24-14(22)16(7-17)11-9(5-20)25-13(12(11)16)19-4-3-10(21)18-15(19)23/h3-4,8-9,11-13,20H,5-6H2,1-2H3,(H,18,21,23)/t9-,11-,12-,13-,16?/m1/s1. The molecule has 1 saturated carbocycles. The SMILES string of the molecule is CC(C)COC(=O)C1(C#N)[C@@H]2[C@H]1[C@@H](CO)O[C@H]2n1ccc(=O)[nH]c1=O. The lowest BCUT2D eigenvalue weighted by Gasteiger charge is -2.24. The fraction of sp³-hybridized carbons (Fsp3) is 0.625. The zero-order valence-electron chi connectivity index (χ0n) is 13.8. The first-order valence-electron chi connectivity index (χ1n) is 8.03. The number of nitriles is 1. The number of rotatable bonds is 5. The number of aromatic nitrogens is 2. The van der Waals surface area contributed by atoms with E-state index in [0.717, 1.165) is 10.6 Å². The van der Waals surface area contributed by atoms with Crippen LogP contribution in [0.5, 0.6) is 0 Å². The topological polar surface area (TPSA) is 134 Å². The highest BCUT2D eigenvalue weighted by Gasteiger charge is 2.81. The summed E-state index contributed by atoms with van der Waals surface area (Å²) in [4.78, 5) is 37.9. The molecule has 1 unspecified atom stereocenters. The summed E-state index contributed by atoms with van der Waals surface area (Å²) in [6, 6.07) is 3.17. The van der Waals surface area contributed by atoms with Crippen molar-refractivity contribution in [3.8, 4) is 6.07 Å². The molecule has 25 heavy (non-hydrogen) atoms. The fourth-order valence-corrected chi connectivity index (χ4v) is 3.57. The molecule has 0 amide bonds. The molecule has 1 aromatic rings. The maximum atomic E-state index is 12.5. The maximum absolute atomic E-state index is 12.5. The molecule has 0 spiro atoms. The summed E-state index contributed by atoms with van der Waals surface area (Å²) in [6.07, 6.45) is -0.444. The first-order chi connectivity index (χ1) is 11.9. The lowest BCUT2D eigenvalue weighted by molar-refractivity contribution is -0.155. The second-order valence-electron chi connectivity index (χ2n) is 6.79. The van der Waals surface area contributed by atoms with Crippen LogP contribution in [0.4, 0.5) is 0 Å². The minimum absolute atomic E-state index is 0.112. The molecule has 5 atom stereocenters. The monoisotopic (exact) mass is 349 g/mol. The lowest BCUT2D eigenvalue weighted by Crippen LogP contribution is -2.37. The Labute approximate surface area is 142 Å². The summed E-state index contributed by atoms with van der Waals surface area (Å²) >= 11 is 0. The van der Waals surface area contributed by atoms with Crippen molar-refractivity contribution in [1.82, 2.24) is 9.55 Å². The molecule has 1 aliphatic carbocycles. The zero-order valence-corrected chi connectivity index (χ0v) is 13.8. The van der Waals surface area contributed by atoms with Crippen molar-refractivity contribution in [2.75, 3.05) is 13.2 Å². The van der Waals surface area contributed by atoms with Crippen LogP contribution < -0.4 is 11.2 Å². The van der Waals surface area contributed by atoms with E-state index >= 15 is 0 Å². The summed E-state index contributed by atoms with van der Waals surface area (Å²) < 4.78 is 12.0. The Hall–Kier alpha value is -2.44. The van der Waals surface area contributed by atoms with E-state index in [1.165, 1.54) is 6.20 Å². The largest absolute Gasteiger partial charge is 0.464 e. The maximum Gasteiger partial charge on any atom is 0.330 e. The number of nitrogens with one attached hydrogen (secondary N) is 1. The van der Waals surface area contributed by atoms with Crippen molar-refractivity contribution in [2.45, 2.75) is 26.2 Å². The first-order valence-corrected chi connectivity index (χ1v) is 8.03. The predicted octanol–water partition coefficient (Wildman–Crippen LogP) is -0.619. The molecule has 134 valence electrons. The predicted molar refractivity (Wildman–Crippen MR) is 83.1 cm³/mol. The number of nitrogens with zero attached hydrogens (tertiary/aromatic N) is 2. The van der Waals surface area contributed by atoms with Gasteiger partial charge < -0.3 is 14.6 Å². The number of aliphatic hydroxyl groups excluding tert-OH is 1. The van der Waals surface area contributed by atoms with E-state index in [-0.39, 0.29) is 12.5 Å². The van der Waals surface area contributed by atoms with Gasteiger partial charge in [-0.15, -0.1) is 0 Å². The minimum atomic E-state index is -1.46. The Balaban J connectivity index is 1.94. The van der Waals surface area contributed by atoms with Gasteiger partial charge in [0.15, 0.2) is 5.41 Å². The second kappa shape index (κ2) is 6.13. The molecule has 1 saturated heterocycles. The lowest BCUT2D eigenvalue weighted by atomic mass is 10.0. The van der Waals surface area contributed by atoms with Gasteiger partial charge in [-0.25, -0.2) is 4.79 Å². The van der Waals surface area contributed by atoms with E-state index in [1.54, 1.807) is 0 Å². The Morgan fingerprint density at radius 2 is 2.24 bits per heavy atom. The van der Waals surface area contributed by atoms with Gasteiger partial charge >= 0.3 is 11.7 Å². The van der Waals surface area contributed by atoms with E-state index in [2.05, 4.69) is 4.98 Å². The van der Waals surface area contributed by atoms with Gasteiger partial charge in [0, 0.05) is 24.1 Å². The van der Waals surface area contributed by atoms with Crippen LogP contribution in [0.15, 0.2) is 21.9 Å². The van der Waals surface area contributed by atoms with Gasteiger partial charge in [0.2, 0.25) is 0 Å². The quantitative estimate of drug-likeness (QED) is 0.677. The molecule has 1 aromatic heterocycles. The highest BCUT2D eigenvalue weighted by atomic mass is 16.5. The van der Waals surface area contributed by atoms with Crippen LogP contribution in [0.2, 0.25) is 0 Å². The molecular weight excluding hydrogens is 330 g/mol. The Morgan fingerprint density at radius 1 is 1.52 bits per heavy atom. The summed E-state index contributed by atoms with van der Waals surface area (Å²) in [5.74, 6) is -1.74. The number of hydrogen-bond donors (Lipinski definition) is 2. The van der Waals surface area contributed by atoms with Gasteiger partial charge in [0.05, 0.1) is 25.4 Å². The molecule has 1 aliphatic heterocycles. The van der Waals surface area contributed by atoms with Crippen molar-refractivity contribution in [2.24, 2.45) is 23.2 Å². The van der Waals surface area contributed by atoms with Crippen molar-refractivity contribution in [3.63, 3.8) is 0 Å². The number of carbonyl (C=O) groups excluding carboxylic acids is 1. The third kappa shape index (κ3) is 2.58. The Kier molecular flexibility index (Phi) is 4.26. The highest BCUT2D eigenvalue weighted by Crippen LogP contribution is 2.70. The smallest absolute Gasteiger partial charge is 0.330 e. The molecule has 0 bridgehead atoms. The van der Waals surface area contributed by atoms with Crippen LogP contribution in [0.3, 0.4) is 0 Å². The highest BCUT2D eigenvalue weighted by molar-refractivity contribution is 5.85. The van der Waals surface area contributed by atoms with Gasteiger partial charge in [0.25, 0.3) is 5.56 Å². The molecule has 9 nitrogen and oxygen atoms in total. The van der Waals surface area contributed by atoms with Crippen LogP contribution in [0.1, 0.15) is 20.1 Å². The molecule has 2 aliphatic rings. The van der Waals surface area contributed by atoms with Gasteiger partial charge in [-0.3, -0.25) is 19.1 Å². The first kappa shape index (κ1) is 17.4.